The molecule has 4 rings (SSSR count). The first kappa shape index (κ1) is 24.1. The summed E-state index contributed by atoms with van der Waals surface area (Å²) in [5.41, 5.74) is 0.910. The largest absolute Gasteiger partial charge is 0.497 e. The summed E-state index contributed by atoms with van der Waals surface area (Å²) in [5.74, 6) is -0.393. The Bertz CT molecular complexity index is 1410. The molecule has 0 saturated heterocycles. The average molecular weight is 493 g/mol. The number of hydrogen-bond acceptors (Lipinski definition) is 8. The molecule has 0 radical (unpaired) electrons. The Morgan fingerprint density at radius 1 is 1.11 bits per heavy atom. The van der Waals surface area contributed by atoms with Crippen molar-refractivity contribution in [3.05, 3.63) is 86.8 Å². The van der Waals surface area contributed by atoms with Gasteiger partial charge in [0.2, 0.25) is 4.96 Å². The third kappa shape index (κ3) is 5.72. The molecule has 0 fully saturated rings. The number of nitrogens with one attached hydrogen (secondary N) is 1. The van der Waals surface area contributed by atoms with Gasteiger partial charge in [-0.25, -0.2) is 9.78 Å². The van der Waals surface area contributed by atoms with Crippen LogP contribution in [0.5, 0.6) is 5.75 Å². The molecule has 10 heteroatoms. The van der Waals surface area contributed by atoms with E-state index in [1.54, 1.807) is 55.6 Å². The summed E-state index contributed by atoms with van der Waals surface area (Å²) in [6.07, 6.45) is 2.79. The molecule has 1 amide bonds. The molecule has 35 heavy (non-hydrogen) atoms. The lowest BCUT2D eigenvalue weighted by Crippen LogP contribution is -2.18. The number of methoxy groups -OCH3 is 1. The van der Waals surface area contributed by atoms with Crippen LogP contribution < -0.4 is 15.6 Å². The summed E-state index contributed by atoms with van der Waals surface area (Å²) >= 11 is 1.35. The van der Waals surface area contributed by atoms with Crippen LogP contribution in [0.4, 0.5) is 5.69 Å². The van der Waals surface area contributed by atoms with E-state index in [0.29, 0.717) is 27.7 Å². The molecule has 0 bridgehead atoms. The summed E-state index contributed by atoms with van der Waals surface area (Å²) in [7, 11) is 1.55. The molecule has 0 spiro atoms. The first-order valence-electron chi connectivity index (χ1n) is 11.1. The van der Waals surface area contributed by atoms with Gasteiger partial charge in [0, 0.05) is 18.1 Å². The van der Waals surface area contributed by atoms with Crippen LogP contribution >= 0.6 is 11.3 Å². The van der Waals surface area contributed by atoms with Crippen LogP contribution in [0.25, 0.3) is 4.96 Å². The number of ether oxygens (including phenoxy) is 2. The van der Waals surface area contributed by atoms with Gasteiger partial charge in [-0.1, -0.05) is 36.8 Å². The molecule has 1 N–H and O–H groups in total. The standard InChI is InChI=1S/C25H24N4O5S/c1-3-4-9-21-28-29-22(30)14-17(26-25(29)35-21)15-34-24(32)19-7-5-6-8-20(19)27-23(31)16-10-12-18(33-2)13-11-16/h5-8,10-14H,3-4,9,15H2,1-2H3,(H,27,31). The molecule has 2 aromatic carbocycles. The highest BCUT2D eigenvalue weighted by Crippen LogP contribution is 2.20. The monoisotopic (exact) mass is 492 g/mol. The molecule has 4 aromatic rings. The van der Waals surface area contributed by atoms with Crippen molar-refractivity contribution in [1.29, 1.82) is 0 Å². The van der Waals surface area contributed by atoms with Gasteiger partial charge in [0.15, 0.2) is 0 Å². The Morgan fingerprint density at radius 3 is 2.63 bits per heavy atom. The number of esters is 1. The van der Waals surface area contributed by atoms with E-state index in [2.05, 4.69) is 22.3 Å². The van der Waals surface area contributed by atoms with Crippen LogP contribution in [0, 0.1) is 0 Å². The normalized spacial score (nSPS) is 10.8. The minimum atomic E-state index is -0.648. The first-order valence-corrected chi connectivity index (χ1v) is 11.9. The molecule has 0 aliphatic heterocycles. The van der Waals surface area contributed by atoms with Crippen molar-refractivity contribution in [2.75, 3.05) is 12.4 Å². The maximum Gasteiger partial charge on any atom is 0.340 e. The highest BCUT2D eigenvalue weighted by molar-refractivity contribution is 7.16. The van der Waals surface area contributed by atoms with Crippen LogP contribution in [-0.2, 0) is 17.8 Å². The second-order valence-corrected chi connectivity index (χ2v) is 8.72. The lowest BCUT2D eigenvalue weighted by atomic mass is 10.1. The zero-order chi connectivity index (χ0) is 24.8. The first-order chi connectivity index (χ1) is 17.0. The zero-order valence-electron chi connectivity index (χ0n) is 19.3. The van der Waals surface area contributed by atoms with Crippen LogP contribution in [-0.4, -0.2) is 33.6 Å². The average Bonchev–Trinajstić information content (AvgIpc) is 3.30. The van der Waals surface area contributed by atoms with E-state index in [1.165, 1.54) is 21.9 Å². The maximum atomic E-state index is 12.8. The lowest BCUT2D eigenvalue weighted by molar-refractivity contribution is 0.0469. The minimum absolute atomic E-state index is 0.187. The Labute approximate surface area is 205 Å². The maximum absolute atomic E-state index is 12.8. The van der Waals surface area contributed by atoms with E-state index >= 15 is 0 Å². The number of unbranched alkanes of at least 4 members (excludes halogenated alkanes) is 1. The molecule has 0 unspecified atom stereocenters. The number of nitrogens with zero attached hydrogens (tertiary/aromatic N) is 3. The van der Waals surface area contributed by atoms with Crippen molar-refractivity contribution in [2.45, 2.75) is 32.8 Å². The molecule has 0 aliphatic rings. The van der Waals surface area contributed by atoms with Crippen LogP contribution in [0.3, 0.4) is 0 Å². The van der Waals surface area contributed by atoms with E-state index in [9.17, 15) is 14.4 Å². The lowest BCUT2D eigenvalue weighted by Gasteiger charge is -2.11. The third-order valence-corrected chi connectivity index (χ3v) is 6.15. The number of aryl methyl sites for hydroxylation is 1. The second-order valence-electron chi connectivity index (χ2n) is 7.68. The van der Waals surface area contributed by atoms with E-state index < -0.39 is 5.97 Å². The van der Waals surface area contributed by atoms with Gasteiger partial charge in [0.1, 0.15) is 17.4 Å². The number of aromatic nitrogens is 3. The summed E-state index contributed by atoms with van der Waals surface area (Å²) in [4.78, 5) is 42.7. The van der Waals surface area contributed by atoms with Crippen LogP contribution in [0.1, 0.15) is 51.2 Å². The SMILES string of the molecule is CCCCc1nn2c(=O)cc(COC(=O)c3ccccc3NC(=O)c3ccc(OC)cc3)nc2s1. The van der Waals surface area contributed by atoms with Gasteiger partial charge < -0.3 is 14.8 Å². The Balaban J connectivity index is 1.46. The summed E-state index contributed by atoms with van der Waals surface area (Å²) in [6, 6.07) is 14.5. The Kier molecular flexibility index (Phi) is 7.51. The van der Waals surface area contributed by atoms with Gasteiger partial charge in [-0.3, -0.25) is 9.59 Å². The fourth-order valence-corrected chi connectivity index (χ4v) is 4.28. The number of carbonyl (C=O) groups excluding carboxylic acids is 2. The molecular weight excluding hydrogens is 468 g/mol. The molecule has 0 aliphatic carbocycles. The predicted molar refractivity (Wildman–Crippen MR) is 132 cm³/mol. The number of hydrogen-bond donors (Lipinski definition) is 1. The summed E-state index contributed by atoms with van der Waals surface area (Å²) in [6.45, 7) is 1.90. The van der Waals surface area contributed by atoms with E-state index in [-0.39, 0.29) is 23.6 Å². The minimum Gasteiger partial charge on any atom is -0.497 e. The number of benzene rings is 2. The predicted octanol–water partition coefficient (Wildman–Crippen LogP) is 4.11. The Morgan fingerprint density at radius 2 is 1.89 bits per heavy atom. The molecular formula is C25H24N4O5S. The van der Waals surface area contributed by atoms with Gasteiger partial charge in [0.25, 0.3) is 11.5 Å². The second kappa shape index (κ2) is 10.9. The molecule has 2 heterocycles. The van der Waals surface area contributed by atoms with Crippen molar-refractivity contribution in [3.8, 4) is 5.75 Å². The fourth-order valence-electron chi connectivity index (χ4n) is 3.32. The van der Waals surface area contributed by atoms with Crippen LogP contribution in [0.15, 0.2) is 59.4 Å². The summed E-state index contributed by atoms with van der Waals surface area (Å²) in [5, 5.41) is 7.89. The number of anilines is 1. The van der Waals surface area contributed by atoms with Gasteiger partial charge in [-0.15, -0.1) is 0 Å². The van der Waals surface area contributed by atoms with Crippen LogP contribution in [0.2, 0.25) is 0 Å². The van der Waals surface area contributed by atoms with E-state index in [0.717, 1.165) is 24.3 Å². The van der Waals surface area contributed by atoms with Crippen molar-refractivity contribution in [3.63, 3.8) is 0 Å². The van der Waals surface area contributed by atoms with Crippen molar-refractivity contribution in [2.24, 2.45) is 0 Å². The van der Waals surface area contributed by atoms with Gasteiger partial charge >= 0.3 is 5.97 Å². The smallest absolute Gasteiger partial charge is 0.340 e. The highest BCUT2D eigenvalue weighted by Gasteiger charge is 2.17. The molecule has 2 aromatic heterocycles. The van der Waals surface area contributed by atoms with Crippen molar-refractivity contribution < 1.29 is 19.1 Å². The van der Waals surface area contributed by atoms with Gasteiger partial charge in [-0.2, -0.15) is 9.61 Å². The fraction of sp³-hybridized carbons (Fsp3) is 0.240. The number of rotatable bonds is 9. The number of carbonyl (C=O) groups is 2. The Hall–Kier alpha value is -4.05. The van der Waals surface area contributed by atoms with Crippen molar-refractivity contribution >= 4 is 33.9 Å². The van der Waals surface area contributed by atoms with Gasteiger partial charge in [0.05, 0.1) is 24.1 Å². The third-order valence-electron chi connectivity index (χ3n) is 5.18. The van der Waals surface area contributed by atoms with E-state index in [1.807, 2.05) is 0 Å². The van der Waals surface area contributed by atoms with E-state index in [4.69, 9.17) is 9.47 Å². The zero-order valence-corrected chi connectivity index (χ0v) is 20.1. The number of fused-ring (bicyclic) bond motifs is 1. The number of amides is 1. The molecule has 180 valence electrons. The molecule has 0 atom stereocenters. The molecule has 9 nitrogen and oxygen atoms in total. The summed E-state index contributed by atoms with van der Waals surface area (Å²) < 4.78 is 11.8. The topological polar surface area (TPSA) is 112 Å². The highest BCUT2D eigenvalue weighted by atomic mass is 32.1. The molecule has 0 saturated carbocycles. The quantitative estimate of drug-likeness (QED) is 0.350. The van der Waals surface area contributed by atoms with Crippen molar-refractivity contribution in [1.82, 2.24) is 14.6 Å². The number of para-hydroxylation sites is 1. The van der Waals surface area contributed by atoms with Gasteiger partial charge in [-0.05, 0) is 42.8 Å².